The van der Waals surface area contributed by atoms with E-state index in [2.05, 4.69) is 4.74 Å². The van der Waals surface area contributed by atoms with Gasteiger partial charge in [0.25, 0.3) is 0 Å². The first-order valence-electron chi connectivity index (χ1n) is 4.40. The van der Waals surface area contributed by atoms with Crippen molar-refractivity contribution >= 4 is 11.6 Å². The number of alkyl halides is 3. The molecule has 0 aliphatic heterocycles. The monoisotopic (exact) mass is 240 g/mol. The summed E-state index contributed by atoms with van der Waals surface area (Å²) in [4.78, 5) is 0. The molecule has 5 heteroatoms. The van der Waals surface area contributed by atoms with Crippen LogP contribution in [-0.4, -0.2) is 6.36 Å². The van der Waals surface area contributed by atoms with Crippen molar-refractivity contribution in [2.75, 3.05) is 0 Å². The van der Waals surface area contributed by atoms with Gasteiger partial charge in [0.05, 0.1) is 0 Å². The van der Waals surface area contributed by atoms with Crippen molar-refractivity contribution in [2.45, 2.75) is 27.1 Å². The normalized spacial score (nSPS) is 10.3. The van der Waals surface area contributed by atoms with E-state index in [1.54, 1.807) is 6.92 Å². The van der Waals surface area contributed by atoms with Gasteiger partial charge >= 0.3 is 6.36 Å². The maximum Gasteiger partial charge on any atom is 0.573 e. The van der Waals surface area contributed by atoms with Crippen molar-refractivity contribution in [1.29, 1.82) is 0 Å². The van der Waals surface area contributed by atoms with E-state index in [0.717, 1.165) is 6.07 Å². The third-order valence-corrected chi connectivity index (χ3v) is 1.78. The Balaban J connectivity index is 0.000000921. The number of hydrogen-bond donors (Lipinski definition) is 0. The maximum atomic E-state index is 11.7. The van der Waals surface area contributed by atoms with E-state index in [4.69, 9.17) is 11.6 Å². The molecule has 0 aromatic heterocycles. The first-order chi connectivity index (χ1) is 6.88. The van der Waals surface area contributed by atoms with Gasteiger partial charge in [-0.1, -0.05) is 31.5 Å². The minimum Gasteiger partial charge on any atom is -0.406 e. The molecule has 1 nitrogen and oxygen atoms in total. The molecule has 0 amide bonds. The van der Waals surface area contributed by atoms with Crippen LogP contribution in [0.2, 0.25) is 5.02 Å². The van der Waals surface area contributed by atoms with Gasteiger partial charge in [-0.2, -0.15) is 0 Å². The second-order valence-electron chi connectivity index (χ2n) is 2.46. The third kappa shape index (κ3) is 5.52. The van der Waals surface area contributed by atoms with E-state index in [9.17, 15) is 13.2 Å². The van der Waals surface area contributed by atoms with Crippen LogP contribution in [0, 0.1) is 6.92 Å². The number of ether oxygens (including phenoxy) is 1. The Morgan fingerprint density at radius 1 is 1.20 bits per heavy atom. The number of benzene rings is 1. The first kappa shape index (κ1) is 14.1. The van der Waals surface area contributed by atoms with Gasteiger partial charge in [0, 0.05) is 5.02 Å². The van der Waals surface area contributed by atoms with Crippen LogP contribution in [0.1, 0.15) is 19.4 Å². The van der Waals surface area contributed by atoms with E-state index in [1.807, 2.05) is 13.8 Å². The lowest BCUT2D eigenvalue weighted by Crippen LogP contribution is -2.17. The lowest BCUT2D eigenvalue weighted by atomic mass is 10.2. The molecule has 0 saturated carbocycles. The Kier molecular flexibility index (Phi) is 5.50. The molecule has 0 radical (unpaired) electrons. The summed E-state index contributed by atoms with van der Waals surface area (Å²) in [7, 11) is 0. The van der Waals surface area contributed by atoms with Gasteiger partial charge in [-0.3, -0.25) is 0 Å². The van der Waals surface area contributed by atoms with Gasteiger partial charge < -0.3 is 4.74 Å². The highest BCUT2D eigenvalue weighted by Gasteiger charge is 2.31. The molecule has 1 aromatic carbocycles. The number of rotatable bonds is 1. The summed E-state index contributed by atoms with van der Waals surface area (Å²) in [5.41, 5.74) is 0.705. The zero-order valence-corrected chi connectivity index (χ0v) is 9.41. The fourth-order valence-corrected chi connectivity index (χ4v) is 0.941. The smallest absolute Gasteiger partial charge is 0.406 e. The predicted molar refractivity (Wildman–Crippen MR) is 54.2 cm³/mol. The van der Waals surface area contributed by atoms with Gasteiger partial charge in [-0.05, 0) is 24.6 Å². The van der Waals surface area contributed by atoms with Crippen LogP contribution < -0.4 is 4.74 Å². The van der Waals surface area contributed by atoms with E-state index in [-0.39, 0.29) is 10.8 Å². The molecular weight excluding hydrogens is 229 g/mol. The molecule has 0 atom stereocenters. The summed E-state index contributed by atoms with van der Waals surface area (Å²) in [6.07, 6.45) is -4.67. The molecular formula is C10H12ClF3O. The average Bonchev–Trinajstić information content (AvgIpc) is 2.12. The zero-order chi connectivity index (χ0) is 12.1. The van der Waals surface area contributed by atoms with Crippen LogP contribution in [0.3, 0.4) is 0 Å². The lowest BCUT2D eigenvalue weighted by molar-refractivity contribution is -0.274. The SMILES string of the molecule is CC.Cc1ccc(OC(F)(F)F)cc1Cl. The molecule has 0 N–H and O–H groups in total. The molecule has 0 spiro atoms. The van der Waals surface area contributed by atoms with E-state index >= 15 is 0 Å². The van der Waals surface area contributed by atoms with Gasteiger partial charge in [-0.15, -0.1) is 13.2 Å². The molecule has 0 bridgehead atoms. The molecule has 1 aromatic rings. The standard InChI is InChI=1S/C8H6ClF3O.C2H6/c1-5-2-3-6(4-7(5)9)13-8(10,11)12;1-2/h2-4H,1H3;1-2H3. The summed E-state index contributed by atoms with van der Waals surface area (Å²) >= 11 is 5.60. The third-order valence-electron chi connectivity index (χ3n) is 1.38. The van der Waals surface area contributed by atoms with Crippen molar-refractivity contribution < 1.29 is 17.9 Å². The fourth-order valence-electron chi connectivity index (χ4n) is 0.771. The highest BCUT2D eigenvalue weighted by molar-refractivity contribution is 6.31. The van der Waals surface area contributed by atoms with Crippen molar-refractivity contribution in [3.8, 4) is 5.75 Å². The number of aryl methyl sites for hydroxylation is 1. The predicted octanol–water partition coefficient (Wildman–Crippen LogP) is 4.57. The largest absolute Gasteiger partial charge is 0.573 e. The minimum atomic E-state index is -4.67. The summed E-state index contributed by atoms with van der Waals surface area (Å²) < 4.78 is 38.8. The van der Waals surface area contributed by atoms with E-state index in [1.165, 1.54) is 12.1 Å². The van der Waals surface area contributed by atoms with Crippen molar-refractivity contribution in [3.63, 3.8) is 0 Å². The molecule has 15 heavy (non-hydrogen) atoms. The highest BCUT2D eigenvalue weighted by atomic mass is 35.5. The quantitative estimate of drug-likeness (QED) is 0.699. The van der Waals surface area contributed by atoms with Gasteiger partial charge in [-0.25, -0.2) is 0 Å². The Bertz CT molecular complexity index is 310. The summed E-state index contributed by atoms with van der Waals surface area (Å²) in [6.45, 7) is 5.69. The Hall–Kier alpha value is -0.900. The first-order valence-corrected chi connectivity index (χ1v) is 4.78. The number of halogens is 4. The molecule has 0 aliphatic carbocycles. The summed E-state index contributed by atoms with van der Waals surface area (Å²) in [5, 5.41) is 0.252. The van der Waals surface area contributed by atoms with Crippen molar-refractivity contribution in [1.82, 2.24) is 0 Å². The average molecular weight is 241 g/mol. The Morgan fingerprint density at radius 2 is 1.73 bits per heavy atom. The number of hydrogen-bond acceptors (Lipinski definition) is 1. The van der Waals surface area contributed by atoms with Crippen LogP contribution in [-0.2, 0) is 0 Å². The van der Waals surface area contributed by atoms with Crippen LogP contribution in [0.5, 0.6) is 5.75 Å². The topological polar surface area (TPSA) is 9.23 Å². The molecule has 0 aliphatic rings. The van der Waals surface area contributed by atoms with Crippen molar-refractivity contribution in [3.05, 3.63) is 28.8 Å². The second-order valence-corrected chi connectivity index (χ2v) is 2.87. The second kappa shape index (κ2) is 5.85. The minimum absolute atomic E-state index is 0.252. The van der Waals surface area contributed by atoms with Crippen LogP contribution >= 0.6 is 11.6 Å². The zero-order valence-electron chi connectivity index (χ0n) is 8.65. The van der Waals surface area contributed by atoms with Gasteiger partial charge in [0.15, 0.2) is 0 Å². The molecule has 0 unspecified atom stereocenters. The molecule has 0 fully saturated rings. The summed E-state index contributed by atoms with van der Waals surface area (Å²) in [5.74, 6) is -0.303. The van der Waals surface area contributed by atoms with Crippen LogP contribution in [0.25, 0.3) is 0 Å². The maximum absolute atomic E-state index is 11.7. The Labute approximate surface area is 91.8 Å². The fraction of sp³-hybridized carbons (Fsp3) is 0.400. The molecule has 0 saturated heterocycles. The van der Waals surface area contributed by atoms with Gasteiger partial charge in [0.1, 0.15) is 5.75 Å². The van der Waals surface area contributed by atoms with E-state index < -0.39 is 6.36 Å². The van der Waals surface area contributed by atoms with Gasteiger partial charge in [0.2, 0.25) is 0 Å². The highest BCUT2D eigenvalue weighted by Crippen LogP contribution is 2.26. The van der Waals surface area contributed by atoms with Crippen LogP contribution in [0.4, 0.5) is 13.2 Å². The Morgan fingerprint density at radius 3 is 2.13 bits per heavy atom. The molecule has 0 heterocycles. The lowest BCUT2D eigenvalue weighted by Gasteiger charge is -2.09. The molecule has 86 valence electrons. The molecule has 1 rings (SSSR count). The van der Waals surface area contributed by atoms with Crippen LogP contribution in [0.15, 0.2) is 18.2 Å². The van der Waals surface area contributed by atoms with E-state index in [0.29, 0.717) is 5.56 Å². The van der Waals surface area contributed by atoms with Crippen molar-refractivity contribution in [2.24, 2.45) is 0 Å². The summed E-state index contributed by atoms with van der Waals surface area (Å²) in [6, 6.07) is 3.81.